The predicted molar refractivity (Wildman–Crippen MR) is 139 cm³/mol. The highest BCUT2D eigenvalue weighted by Crippen LogP contribution is 2.32. The van der Waals surface area contributed by atoms with Gasteiger partial charge in [0.25, 0.3) is 0 Å². The maximum Gasteiger partial charge on any atom is 0.245 e. The van der Waals surface area contributed by atoms with Gasteiger partial charge in [0.2, 0.25) is 21.9 Å². The third kappa shape index (κ3) is 4.48. The molecule has 0 spiro atoms. The molecule has 1 aliphatic rings. The molecule has 0 saturated carbocycles. The maximum absolute atomic E-state index is 12.7. The molecule has 3 N–H and O–H groups in total. The highest BCUT2D eigenvalue weighted by molar-refractivity contribution is 7.89. The molecule has 11 heteroatoms. The number of benzene rings is 2. The Kier molecular flexibility index (Phi) is 6.52. The number of hydrogen-bond acceptors (Lipinski definition) is 8. The van der Waals surface area contributed by atoms with Crippen LogP contribution in [-0.4, -0.2) is 62.9 Å². The number of fused-ring (bicyclic) bond motifs is 1. The summed E-state index contributed by atoms with van der Waals surface area (Å²) in [6.07, 6.45) is 1.59. The van der Waals surface area contributed by atoms with Crippen molar-refractivity contribution in [3.05, 3.63) is 54.7 Å². The van der Waals surface area contributed by atoms with E-state index in [4.69, 9.17) is 15.2 Å². The third-order valence-corrected chi connectivity index (χ3v) is 7.67. The van der Waals surface area contributed by atoms with Crippen LogP contribution in [-0.2, 0) is 14.8 Å². The summed E-state index contributed by atoms with van der Waals surface area (Å²) in [7, 11) is -2.38. The molecular weight excluding hydrogens is 480 g/mol. The van der Waals surface area contributed by atoms with Crippen molar-refractivity contribution in [1.29, 1.82) is 0 Å². The molecule has 2 aromatic carbocycles. The first-order valence-electron chi connectivity index (χ1n) is 11.7. The Bertz CT molecular complexity index is 1500. The Labute approximate surface area is 209 Å². The first-order valence-corrected chi connectivity index (χ1v) is 13.1. The second-order valence-electron chi connectivity index (χ2n) is 8.36. The van der Waals surface area contributed by atoms with Crippen LogP contribution in [0.15, 0.2) is 59.6 Å². The minimum atomic E-state index is -3.77. The van der Waals surface area contributed by atoms with Gasteiger partial charge in [-0.25, -0.2) is 23.1 Å². The summed E-state index contributed by atoms with van der Waals surface area (Å²) in [5.41, 5.74) is 11.3. The predicted octanol–water partition coefficient (Wildman–Crippen LogP) is 2.81. The number of aromatic nitrogens is 3. The molecule has 3 heterocycles. The SMILES string of the molecule is CCNS(=O)(=O)c1cc(-c2ccc3nc(N)n(-c4ccc(N5CCOCC5)cc4)c3c2)cnc1OC. The highest BCUT2D eigenvalue weighted by Gasteiger charge is 2.21. The number of methoxy groups -OCH3 is 1. The summed E-state index contributed by atoms with van der Waals surface area (Å²) < 4.78 is 40.5. The van der Waals surface area contributed by atoms with E-state index in [0.29, 0.717) is 11.5 Å². The Hall–Kier alpha value is -3.67. The lowest BCUT2D eigenvalue weighted by molar-refractivity contribution is 0.122. The number of hydrogen-bond donors (Lipinski definition) is 2. The number of pyridine rings is 1. The van der Waals surface area contributed by atoms with E-state index in [1.54, 1.807) is 19.2 Å². The van der Waals surface area contributed by atoms with Gasteiger partial charge in [0.15, 0.2) is 0 Å². The maximum atomic E-state index is 12.7. The van der Waals surface area contributed by atoms with Gasteiger partial charge in [0.1, 0.15) is 4.90 Å². The molecule has 10 nitrogen and oxygen atoms in total. The number of morpholine rings is 1. The van der Waals surface area contributed by atoms with E-state index in [9.17, 15) is 8.42 Å². The molecule has 36 heavy (non-hydrogen) atoms. The Morgan fingerprint density at radius 2 is 1.78 bits per heavy atom. The van der Waals surface area contributed by atoms with Gasteiger partial charge in [-0.05, 0) is 48.0 Å². The fourth-order valence-corrected chi connectivity index (χ4v) is 5.57. The van der Waals surface area contributed by atoms with Crippen molar-refractivity contribution >= 4 is 32.7 Å². The molecule has 0 bridgehead atoms. The lowest BCUT2D eigenvalue weighted by Gasteiger charge is -2.29. The molecule has 0 atom stereocenters. The zero-order chi connectivity index (χ0) is 25.3. The van der Waals surface area contributed by atoms with E-state index in [0.717, 1.165) is 54.3 Å². The summed E-state index contributed by atoms with van der Waals surface area (Å²) in [5, 5.41) is 0. The number of imidazole rings is 1. The van der Waals surface area contributed by atoms with E-state index in [1.165, 1.54) is 7.11 Å². The van der Waals surface area contributed by atoms with Gasteiger partial charge in [0.05, 0.1) is 31.4 Å². The molecule has 0 radical (unpaired) electrons. The van der Waals surface area contributed by atoms with Crippen LogP contribution in [0.3, 0.4) is 0 Å². The Morgan fingerprint density at radius 1 is 1.06 bits per heavy atom. The van der Waals surface area contributed by atoms with E-state index in [1.807, 2.05) is 34.9 Å². The number of anilines is 2. The summed E-state index contributed by atoms with van der Waals surface area (Å²) in [6.45, 7) is 5.14. The molecule has 1 saturated heterocycles. The molecule has 1 aliphatic heterocycles. The largest absolute Gasteiger partial charge is 0.480 e. The minimum Gasteiger partial charge on any atom is -0.480 e. The van der Waals surface area contributed by atoms with Crippen molar-refractivity contribution in [2.75, 3.05) is 50.6 Å². The van der Waals surface area contributed by atoms with Crippen molar-refractivity contribution in [2.45, 2.75) is 11.8 Å². The second kappa shape index (κ2) is 9.76. The van der Waals surface area contributed by atoms with Crippen molar-refractivity contribution in [3.8, 4) is 22.7 Å². The summed E-state index contributed by atoms with van der Waals surface area (Å²) in [5.74, 6) is 0.403. The summed E-state index contributed by atoms with van der Waals surface area (Å²) in [4.78, 5) is 11.0. The van der Waals surface area contributed by atoms with Crippen LogP contribution in [0.1, 0.15) is 6.92 Å². The molecule has 188 valence electrons. The first kappa shape index (κ1) is 24.0. The molecule has 0 amide bonds. The van der Waals surface area contributed by atoms with Crippen LogP contribution < -0.4 is 20.1 Å². The quantitative estimate of drug-likeness (QED) is 0.391. The van der Waals surface area contributed by atoms with Gasteiger partial charge in [-0.1, -0.05) is 13.0 Å². The smallest absolute Gasteiger partial charge is 0.245 e. The van der Waals surface area contributed by atoms with Gasteiger partial charge in [-0.15, -0.1) is 0 Å². The van der Waals surface area contributed by atoms with Gasteiger partial charge >= 0.3 is 0 Å². The fraction of sp³-hybridized carbons (Fsp3) is 0.280. The molecule has 0 unspecified atom stereocenters. The second-order valence-corrected chi connectivity index (χ2v) is 10.1. The van der Waals surface area contributed by atoms with Crippen molar-refractivity contribution in [2.24, 2.45) is 0 Å². The lowest BCUT2D eigenvalue weighted by atomic mass is 10.1. The minimum absolute atomic E-state index is 0.0174. The molecule has 2 aromatic heterocycles. The molecule has 4 aromatic rings. The summed E-state index contributed by atoms with van der Waals surface area (Å²) >= 11 is 0. The average molecular weight is 509 g/mol. The standard InChI is InChI=1S/C25H28N6O4S/c1-3-28-36(32,33)23-15-18(16-27-24(23)34-2)17-4-9-21-22(14-17)31(25(26)29-21)20-7-5-19(6-8-20)30-10-12-35-13-11-30/h4-9,14-16,28H,3,10-13H2,1-2H3,(H2,26,29). The number of sulfonamides is 1. The summed E-state index contributed by atoms with van der Waals surface area (Å²) in [6, 6.07) is 15.4. The van der Waals surface area contributed by atoms with Crippen molar-refractivity contribution in [1.82, 2.24) is 19.3 Å². The lowest BCUT2D eigenvalue weighted by Crippen LogP contribution is -2.36. The average Bonchev–Trinajstić information content (AvgIpc) is 3.23. The molecule has 5 rings (SSSR count). The van der Waals surface area contributed by atoms with Crippen LogP contribution in [0.5, 0.6) is 5.88 Å². The first-order chi connectivity index (χ1) is 17.4. The van der Waals surface area contributed by atoms with Crippen LogP contribution in [0, 0.1) is 0 Å². The fourth-order valence-electron chi connectivity index (χ4n) is 4.38. The van der Waals surface area contributed by atoms with E-state index in [2.05, 4.69) is 31.7 Å². The van der Waals surface area contributed by atoms with E-state index >= 15 is 0 Å². The van der Waals surface area contributed by atoms with Gasteiger partial charge in [-0.3, -0.25) is 4.57 Å². The topological polar surface area (TPSA) is 125 Å². The third-order valence-electron chi connectivity index (χ3n) is 6.13. The number of nitrogens with zero attached hydrogens (tertiary/aromatic N) is 4. The van der Waals surface area contributed by atoms with Crippen molar-refractivity contribution < 1.29 is 17.9 Å². The number of nitrogen functional groups attached to an aromatic ring is 1. The number of rotatable bonds is 7. The number of nitrogens with two attached hydrogens (primary N) is 1. The zero-order valence-corrected chi connectivity index (χ0v) is 21.0. The van der Waals surface area contributed by atoms with Crippen molar-refractivity contribution in [3.63, 3.8) is 0 Å². The van der Waals surface area contributed by atoms with E-state index in [-0.39, 0.29) is 17.3 Å². The Morgan fingerprint density at radius 3 is 2.47 bits per heavy atom. The zero-order valence-electron chi connectivity index (χ0n) is 20.1. The normalized spacial score (nSPS) is 14.3. The van der Waals surface area contributed by atoms with Gasteiger partial charge in [0, 0.05) is 42.8 Å². The monoisotopic (exact) mass is 508 g/mol. The number of nitrogens with one attached hydrogen (secondary N) is 1. The van der Waals surface area contributed by atoms with Gasteiger partial charge < -0.3 is 20.1 Å². The molecular formula is C25H28N6O4S. The van der Waals surface area contributed by atoms with Crippen LogP contribution in [0.4, 0.5) is 11.6 Å². The van der Waals surface area contributed by atoms with Gasteiger partial charge in [-0.2, -0.15) is 0 Å². The Balaban J connectivity index is 1.55. The number of ether oxygens (including phenoxy) is 2. The molecule has 0 aliphatic carbocycles. The molecule has 1 fully saturated rings. The van der Waals surface area contributed by atoms with Crippen LogP contribution in [0.2, 0.25) is 0 Å². The highest BCUT2D eigenvalue weighted by atomic mass is 32.2. The van der Waals surface area contributed by atoms with Crippen LogP contribution in [0.25, 0.3) is 27.8 Å². The van der Waals surface area contributed by atoms with E-state index < -0.39 is 10.0 Å². The van der Waals surface area contributed by atoms with Crippen LogP contribution >= 0.6 is 0 Å².